The minimum absolute atomic E-state index is 0.0238. The number of aliphatic hydroxyl groups excluding tert-OH is 1. The number of hydrogen-bond donors (Lipinski definition) is 2. The van der Waals surface area contributed by atoms with Crippen LogP contribution in [0.2, 0.25) is 0 Å². The summed E-state index contributed by atoms with van der Waals surface area (Å²) < 4.78 is 4.93. The second kappa shape index (κ2) is 7.75. The average Bonchev–Trinajstić information content (AvgIpc) is 2.39. The van der Waals surface area contributed by atoms with Crippen LogP contribution in [0.15, 0.2) is 24.3 Å². The van der Waals surface area contributed by atoms with E-state index in [4.69, 9.17) is 9.84 Å². The molecule has 0 aliphatic carbocycles. The normalized spacial score (nSPS) is 12.3. The second-order valence-electron chi connectivity index (χ2n) is 3.93. The molecule has 2 N–H and O–H groups in total. The summed E-state index contributed by atoms with van der Waals surface area (Å²) >= 11 is 0. The van der Waals surface area contributed by atoms with Gasteiger partial charge in [0.2, 0.25) is 0 Å². The largest absolute Gasteiger partial charge is 0.395 e. The van der Waals surface area contributed by atoms with Crippen LogP contribution in [0.4, 0.5) is 5.69 Å². The van der Waals surface area contributed by atoms with Gasteiger partial charge in [-0.25, -0.2) is 0 Å². The Bertz CT molecular complexity index is 384. The Morgan fingerprint density at radius 2 is 2.22 bits per heavy atom. The number of methoxy groups -OCH3 is 1. The highest BCUT2D eigenvalue weighted by Gasteiger charge is 2.13. The van der Waals surface area contributed by atoms with E-state index in [0.717, 1.165) is 0 Å². The Kier molecular flexibility index (Phi) is 6.27. The third-order valence-electron chi connectivity index (χ3n) is 2.66. The summed E-state index contributed by atoms with van der Waals surface area (Å²) in [7, 11) is 1.59. The number of nitro groups is 1. The van der Waals surface area contributed by atoms with Gasteiger partial charge in [-0.1, -0.05) is 18.2 Å². The van der Waals surface area contributed by atoms with Gasteiger partial charge in [0, 0.05) is 37.9 Å². The monoisotopic (exact) mass is 254 g/mol. The van der Waals surface area contributed by atoms with Crippen molar-refractivity contribution in [3.63, 3.8) is 0 Å². The number of nitrogens with zero attached hydrogens (tertiary/aromatic N) is 1. The van der Waals surface area contributed by atoms with E-state index in [9.17, 15) is 10.1 Å². The minimum atomic E-state index is -0.403. The van der Waals surface area contributed by atoms with Crippen molar-refractivity contribution in [2.45, 2.75) is 19.0 Å². The van der Waals surface area contributed by atoms with Crippen LogP contribution >= 0.6 is 0 Å². The maximum Gasteiger partial charge on any atom is 0.273 e. The lowest BCUT2D eigenvalue weighted by molar-refractivity contribution is -0.385. The van der Waals surface area contributed by atoms with Crippen molar-refractivity contribution < 1.29 is 14.8 Å². The first-order chi connectivity index (χ1) is 8.69. The average molecular weight is 254 g/mol. The molecule has 1 unspecified atom stereocenters. The zero-order valence-corrected chi connectivity index (χ0v) is 10.3. The van der Waals surface area contributed by atoms with Crippen LogP contribution in [0, 0.1) is 10.1 Å². The maximum absolute atomic E-state index is 10.8. The van der Waals surface area contributed by atoms with Gasteiger partial charge in [-0.15, -0.1) is 0 Å². The van der Waals surface area contributed by atoms with E-state index in [1.54, 1.807) is 25.3 Å². The molecule has 1 atom stereocenters. The van der Waals surface area contributed by atoms with Crippen LogP contribution in [-0.2, 0) is 11.3 Å². The Hall–Kier alpha value is -1.50. The molecule has 0 aromatic heterocycles. The van der Waals surface area contributed by atoms with Gasteiger partial charge in [0.1, 0.15) is 0 Å². The third kappa shape index (κ3) is 4.40. The lowest BCUT2D eigenvalue weighted by Gasteiger charge is -2.15. The quantitative estimate of drug-likeness (QED) is 0.535. The van der Waals surface area contributed by atoms with E-state index in [1.165, 1.54) is 6.07 Å². The molecule has 1 aromatic rings. The van der Waals surface area contributed by atoms with Gasteiger partial charge in [-0.05, 0) is 6.42 Å². The van der Waals surface area contributed by atoms with Crippen molar-refractivity contribution in [2.75, 3.05) is 20.3 Å². The number of ether oxygens (including phenoxy) is 1. The van der Waals surface area contributed by atoms with Gasteiger partial charge < -0.3 is 15.2 Å². The van der Waals surface area contributed by atoms with Gasteiger partial charge in [-0.3, -0.25) is 10.1 Å². The Balaban J connectivity index is 2.59. The SMILES string of the molecule is COCCC(CO)NCc1ccccc1[N+](=O)[O-]. The molecule has 0 saturated heterocycles. The van der Waals surface area contributed by atoms with Crippen molar-refractivity contribution in [1.29, 1.82) is 0 Å². The number of nitro benzene ring substituents is 1. The third-order valence-corrected chi connectivity index (χ3v) is 2.66. The fourth-order valence-corrected chi connectivity index (χ4v) is 1.61. The number of rotatable bonds is 8. The lowest BCUT2D eigenvalue weighted by atomic mass is 10.1. The molecule has 0 heterocycles. The lowest BCUT2D eigenvalue weighted by Crippen LogP contribution is -2.33. The van der Waals surface area contributed by atoms with Crippen molar-refractivity contribution in [1.82, 2.24) is 5.32 Å². The van der Waals surface area contributed by atoms with E-state index in [-0.39, 0.29) is 18.3 Å². The summed E-state index contributed by atoms with van der Waals surface area (Å²) in [6.07, 6.45) is 0.660. The van der Waals surface area contributed by atoms with Crippen molar-refractivity contribution in [2.24, 2.45) is 0 Å². The van der Waals surface area contributed by atoms with Gasteiger partial charge in [0.15, 0.2) is 0 Å². The van der Waals surface area contributed by atoms with Crippen LogP contribution in [-0.4, -0.2) is 36.4 Å². The molecule has 0 fully saturated rings. The molecule has 0 aliphatic rings. The molecule has 1 aromatic carbocycles. The highest BCUT2D eigenvalue weighted by Crippen LogP contribution is 2.17. The summed E-state index contributed by atoms with van der Waals surface area (Å²) in [4.78, 5) is 10.4. The number of aliphatic hydroxyl groups is 1. The predicted octanol–water partition coefficient (Wildman–Crippen LogP) is 1.08. The van der Waals surface area contributed by atoms with Crippen molar-refractivity contribution >= 4 is 5.69 Å². The fraction of sp³-hybridized carbons (Fsp3) is 0.500. The molecule has 0 spiro atoms. The van der Waals surface area contributed by atoms with Crippen LogP contribution in [0.25, 0.3) is 0 Å². The fourth-order valence-electron chi connectivity index (χ4n) is 1.61. The van der Waals surface area contributed by atoms with Crippen LogP contribution in [0.5, 0.6) is 0 Å². The Morgan fingerprint density at radius 3 is 2.83 bits per heavy atom. The second-order valence-corrected chi connectivity index (χ2v) is 3.93. The first kappa shape index (κ1) is 14.6. The highest BCUT2D eigenvalue weighted by molar-refractivity contribution is 5.39. The molecule has 18 heavy (non-hydrogen) atoms. The molecule has 0 radical (unpaired) electrons. The summed E-state index contributed by atoms with van der Waals surface area (Å²) in [5.41, 5.74) is 0.701. The standard InChI is InChI=1S/C12H18N2O4/c1-18-7-6-11(9-15)13-8-10-4-2-3-5-12(10)14(16)17/h2-5,11,13,15H,6-9H2,1H3. The first-order valence-electron chi connectivity index (χ1n) is 5.74. The van der Waals surface area contributed by atoms with Gasteiger partial charge in [0.05, 0.1) is 11.5 Å². The van der Waals surface area contributed by atoms with E-state index in [0.29, 0.717) is 25.1 Å². The van der Waals surface area contributed by atoms with E-state index in [1.807, 2.05) is 0 Å². The zero-order chi connectivity index (χ0) is 13.4. The van der Waals surface area contributed by atoms with Crippen molar-refractivity contribution in [3.8, 4) is 0 Å². The summed E-state index contributed by atoms with van der Waals surface area (Å²) in [5.74, 6) is 0. The molecule has 0 saturated carbocycles. The topological polar surface area (TPSA) is 84.6 Å². The number of para-hydroxylation sites is 1. The van der Waals surface area contributed by atoms with E-state index < -0.39 is 4.92 Å². The van der Waals surface area contributed by atoms with Gasteiger partial charge in [0.25, 0.3) is 5.69 Å². The molecule has 6 heteroatoms. The van der Waals surface area contributed by atoms with Crippen LogP contribution in [0.1, 0.15) is 12.0 Å². The van der Waals surface area contributed by atoms with Crippen molar-refractivity contribution in [3.05, 3.63) is 39.9 Å². The molecule has 100 valence electrons. The van der Waals surface area contributed by atoms with Gasteiger partial charge >= 0.3 is 0 Å². The number of hydrogen-bond acceptors (Lipinski definition) is 5. The molecule has 0 aliphatic heterocycles. The predicted molar refractivity (Wildman–Crippen MR) is 67.3 cm³/mol. The number of benzene rings is 1. The smallest absolute Gasteiger partial charge is 0.273 e. The van der Waals surface area contributed by atoms with E-state index in [2.05, 4.69) is 5.32 Å². The molecular formula is C12H18N2O4. The summed E-state index contributed by atoms with van der Waals surface area (Å²) in [6, 6.07) is 6.45. The minimum Gasteiger partial charge on any atom is -0.395 e. The molecule has 1 rings (SSSR count). The first-order valence-corrected chi connectivity index (χ1v) is 5.74. The van der Waals surface area contributed by atoms with E-state index >= 15 is 0 Å². The number of nitrogens with one attached hydrogen (secondary N) is 1. The Morgan fingerprint density at radius 1 is 1.50 bits per heavy atom. The highest BCUT2D eigenvalue weighted by atomic mass is 16.6. The molecular weight excluding hydrogens is 236 g/mol. The van der Waals surface area contributed by atoms with Crippen LogP contribution < -0.4 is 5.32 Å². The zero-order valence-electron chi connectivity index (χ0n) is 10.3. The molecule has 6 nitrogen and oxygen atoms in total. The molecule has 0 bridgehead atoms. The Labute approximate surface area is 106 Å². The maximum atomic E-state index is 10.8. The summed E-state index contributed by atoms with van der Waals surface area (Å²) in [5, 5.41) is 23.1. The van der Waals surface area contributed by atoms with Gasteiger partial charge in [-0.2, -0.15) is 0 Å². The molecule has 0 amide bonds. The summed E-state index contributed by atoms with van der Waals surface area (Å²) in [6.45, 7) is 0.866. The van der Waals surface area contributed by atoms with Crippen LogP contribution in [0.3, 0.4) is 0 Å².